The molecule has 0 heterocycles. The third kappa shape index (κ3) is 8.51. The first-order valence-corrected chi connectivity index (χ1v) is 7.68. The van der Waals surface area contributed by atoms with E-state index in [1.54, 1.807) is 0 Å². The highest BCUT2D eigenvalue weighted by molar-refractivity contribution is 5.80. The number of unbranched alkanes of at least 4 members (excludes halogenated alkanes) is 1. The van der Waals surface area contributed by atoms with E-state index in [0.717, 1.165) is 26.0 Å². The van der Waals surface area contributed by atoms with Gasteiger partial charge in [-0.25, -0.2) is 0 Å². The van der Waals surface area contributed by atoms with Crippen LogP contribution in [0.15, 0.2) is 0 Å². The van der Waals surface area contributed by atoms with Crippen LogP contribution in [-0.2, 0) is 19.0 Å². The molecule has 0 bridgehead atoms. The molecular formula is C15H31NO4. The van der Waals surface area contributed by atoms with Crippen molar-refractivity contribution in [2.24, 2.45) is 0 Å². The van der Waals surface area contributed by atoms with Crippen LogP contribution in [0.4, 0.5) is 0 Å². The molecule has 0 fully saturated rings. The van der Waals surface area contributed by atoms with E-state index >= 15 is 0 Å². The Labute approximate surface area is 123 Å². The van der Waals surface area contributed by atoms with Gasteiger partial charge in [-0.1, -0.05) is 20.3 Å². The molecule has 0 radical (unpaired) electrons. The van der Waals surface area contributed by atoms with E-state index < -0.39 is 5.54 Å². The fourth-order valence-corrected chi connectivity index (χ4v) is 1.79. The molecule has 0 aromatic heterocycles. The molecule has 5 heteroatoms. The number of likely N-dealkylation sites (N-methyl/N-ethyl adjacent to an activating group) is 1. The molecule has 0 amide bonds. The first-order valence-electron chi connectivity index (χ1n) is 7.68. The van der Waals surface area contributed by atoms with Crippen LogP contribution in [0, 0.1) is 0 Å². The molecule has 0 aromatic carbocycles. The van der Waals surface area contributed by atoms with Gasteiger partial charge in [-0.15, -0.1) is 0 Å². The van der Waals surface area contributed by atoms with Crippen molar-refractivity contribution in [3.05, 3.63) is 0 Å². The molecule has 120 valence electrons. The van der Waals surface area contributed by atoms with E-state index in [2.05, 4.69) is 12.2 Å². The Morgan fingerprint density at radius 1 is 1.05 bits per heavy atom. The predicted molar refractivity (Wildman–Crippen MR) is 79.9 cm³/mol. The van der Waals surface area contributed by atoms with Gasteiger partial charge < -0.3 is 19.5 Å². The van der Waals surface area contributed by atoms with Crippen LogP contribution in [0.5, 0.6) is 0 Å². The number of nitrogens with one attached hydrogen (secondary N) is 1. The summed E-state index contributed by atoms with van der Waals surface area (Å²) in [5, 5.41) is 3.18. The lowest BCUT2D eigenvalue weighted by Gasteiger charge is -2.27. The van der Waals surface area contributed by atoms with Crippen molar-refractivity contribution in [2.75, 3.05) is 39.6 Å². The summed E-state index contributed by atoms with van der Waals surface area (Å²) in [7, 11) is 0. The lowest BCUT2D eigenvalue weighted by molar-refractivity contribution is -0.151. The number of carbonyl (C=O) groups excluding carboxylic acids is 1. The standard InChI is InChI=1S/C15H31NO4/c1-5-8-10-18-12-13-19-11-9-15(4,16-6-2)14(17)20-7-3/h16H,5-13H2,1-4H3. The van der Waals surface area contributed by atoms with Crippen LogP contribution < -0.4 is 5.32 Å². The molecule has 0 aromatic rings. The van der Waals surface area contributed by atoms with Gasteiger partial charge in [0, 0.05) is 13.2 Å². The Balaban J connectivity index is 3.83. The van der Waals surface area contributed by atoms with Crippen molar-refractivity contribution in [3.8, 4) is 0 Å². The maximum absolute atomic E-state index is 11.9. The van der Waals surface area contributed by atoms with Crippen molar-refractivity contribution in [2.45, 2.75) is 52.5 Å². The van der Waals surface area contributed by atoms with E-state index in [1.165, 1.54) is 0 Å². The third-order valence-corrected chi connectivity index (χ3v) is 3.05. The molecule has 0 rings (SSSR count). The quantitative estimate of drug-likeness (QED) is 0.416. The summed E-state index contributed by atoms with van der Waals surface area (Å²) in [6.07, 6.45) is 2.82. The highest BCUT2D eigenvalue weighted by atomic mass is 16.5. The summed E-state index contributed by atoms with van der Waals surface area (Å²) in [6.45, 7) is 11.4. The Kier molecular flexibility index (Phi) is 11.7. The summed E-state index contributed by atoms with van der Waals surface area (Å²) in [5.74, 6) is -0.218. The van der Waals surface area contributed by atoms with Gasteiger partial charge in [-0.05, 0) is 33.2 Å². The zero-order valence-corrected chi connectivity index (χ0v) is 13.5. The summed E-state index contributed by atoms with van der Waals surface area (Å²) in [5.41, 5.74) is -0.673. The molecule has 1 atom stereocenters. The van der Waals surface area contributed by atoms with E-state index in [-0.39, 0.29) is 5.97 Å². The van der Waals surface area contributed by atoms with Gasteiger partial charge in [0.15, 0.2) is 0 Å². The molecule has 0 spiro atoms. The molecule has 0 aliphatic carbocycles. The second-order valence-corrected chi connectivity index (χ2v) is 4.91. The summed E-state index contributed by atoms with van der Waals surface area (Å²) < 4.78 is 16.0. The average molecular weight is 289 g/mol. The van der Waals surface area contributed by atoms with Crippen LogP contribution in [0.1, 0.15) is 47.0 Å². The van der Waals surface area contributed by atoms with Crippen molar-refractivity contribution < 1.29 is 19.0 Å². The molecule has 5 nitrogen and oxygen atoms in total. The first kappa shape index (κ1) is 19.4. The monoisotopic (exact) mass is 289 g/mol. The highest BCUT2D eigenvalue weighted by Gasteiger charge is 2.33. The first-order chi connectivity index (χ1) is 9.60. The SMILES string of the molecule is CCCCOCCOCCC(C)(NCC)C(=O)OCC. The number of rotatable bonds is 13. The van der Waals surface area contributed by atoms with Gasteiger partial charge in [0.05, 0.1) is 19.8 Å². The molecule has 0 aliphatic rings. The molecule has 1 N–H and O–H groups in total. The van der Waals surface area contributed by atoms with Gasteiger partial charge in [0.1, 0.15) is 5.54 Å². The number of esters is 1. The molecule has 1 unspecified atom stereocenters. The number of hydrogen-bond acceptors (Lipinski definition) is 5. The second-order valence-electron chi connectivity index (χ2n) is 4.91. The van der Waals surface area contributed by atoms with Gasteiger partial charge in [-0.3, -0.25) is 4.79 Å². The Morgan fingerprint density at radius 2 is 1.70 bits per heavy atom. The lowest BCUT2D eigenvalue weighted by atomic mass is 9.98. The number of ether oxygens (including phenoxy) is 3. The predicted octanol–water partition coefficient (Wildman–Crippen LogP) is 2.14. The van der Waals surface area contributed by atoms with Crippen LogP contribution in [0.3, 0.4) is 0 Å². The second kappa shape index (κ2) is 12.1. The van der Waals surface area contributed by atoms with E-state index in [1.807, 2.05) is 20.8 Å². The van der Waals surface area contributed by atoms with Gasteiger partial charge in [-0.2, -0.15) is 0 Å². The van der Waals surface area contributed by atoms with Gasteiger partial charge >= 0.3 is 5.97 Å². The van der Waals surface area contributed by atoms with Crippen molar-refractivity contribution in [1.29, 1.82) is 0 Å². The van der Waals surface area contributed by atoms with Crippen molar-refractivity contribution in [1.82, 2.24) is 5.32 Å². The van der Waals surface area contributed by atoms with Crippen LogP contribution >= 0.6 is 0 Å². The number of hydrogen-bond donors (Lipinski definition) is 1. The minimum atomic E-state index is -0.673. The Bertz CT molecular complexity index is 248. The van der Waals surface area contributed by atoms with Crippen molar-refractivity contribution >= 4 is 5.97 Å². The maximum Gasteiger partial charge on any atom is 0.326 e. The van der Waals surface area contributed by atoms with E-state index in [4.69, 9.17) is 14.2 Å². The zero-order chi connectivity index (χ0) is 15.3. The fraction of sp³-hybridized carbons (Fsp3) is 0.933. The van der Waals surface area contributed by atoms with Gasteiger partial charge in [0.2, 0.25) is 0 Å². The van der Waals surface area contributed by atoms with Crippen LogP contribution in [0.2, 0.25) is 0 Å². The minimum absolute atomic E-state index is 0.218. The van der Waals surface area contributed by atoms with E-state index in [0.29, 0.717) is 32.8 Å². The average Bonchev–Trinajstić information content (AvgIpc) is 2.42. The van der Waals surface area contributed by atoms with Gasteiger partial charge in [0.25, 0.3) is 0 Å². The normalized spacial score (nSPS) is 14.0. The molecule has 0 saturated heterocycles. The third-order valence-electron chi connectivity index (χ3n) is 3.05. The van der Waals surface area contributed by atoms with E-state index in [9.17, 15) is 4.79 Å². The minimum Gasteiger partial charge on any atom is -0.465 e. The molecule has 0 aliphatic heterocycles. The number of carbonyl (C=O) groups is 1. The Hall–Kier alpha value is -0.650. The highest BCUT2D eigenvalue weighted by Crippen LogP contribution is 2.12. The fourth-order valence-electron chi connectivity index (χ4n) is 1.79. The topological polar surface area (TPSA) is 56.8 Å². The smallest absolute Gasteiger partial charge is 0.326 e. The Morgan fingerprint density at radius 3 is 2.25 bits per heavy atom. The maximum atomic E-state index is 11.9. The summed E-state index contributed by atoms with van der Waals surface area (Å²) in [4.78, 5) is 11.9. The van der Waals surface area contributed by atoms with Crippen LogP contribution in [-0.4, -0.2) is 51.1 Å². The van der Waals surface area contributed by atoms with Crippen LogP contribution in [0.25, 0.3) is 0 Å². The lowest BCUT2D eigenvalue weighted by Crippen LogP contribution is -2.51. The molecule has 0 saturated carbocycles. The zero-order valence-electron chi connectivity index (χ0n) is 13.5. The van der Waals surface area contributed by atoms with Crippen molar-refractivity contribution in [3.63, 3.8) is 0 Å². The summed E-state index contributed by atoms with van der Waals surface area (Å²) in [6, 6.07) is 0. The largest absolute Gasteiger partial charge is 0.465 e. The molecular weight excluding hydrogens is 258 g/mol. The summed E-state index contributed by atoms with van der Waals surface area (Å²) >= 11 is 0. The molecule has 20 heavy (non-hydrogen) atoms.